The number of amides is 2. The minimum Gasteiger partial charge on any atom is -0.506 e. The lowest BCUT2D eigenvalue weighted by molar-refractivity contribution is 0.0437. The third-order valence-corrected chi connectivity index (χ3v) is 7.98. The number of phenols is 1. The number of imidazole rings is 1. The van der Waals surface area contributed by atoms with Crippen molar-refractivity contribution in [1.82, 2.24) is 29.7 Å². The molecule has 0 bridgehead atoms. The van der Waals surface area contributed by atoms with E-state index < -0.39 is 17.2 Å². The number of nitrogens with one attached hydrogen (secondary N) is 1. The Hall–Kier alpha value is -4.47. The van der Waals surface area contributed by atoms with Gasteiger partial charge in [0.1, 0.15) is 28.4 Å². The molecule has 2 aromatic heterocycles. The standard InChI is InChI=1S/C32H38N6O4/c1-8-23-27-35-22-15-14-19(16-24(22)38(27)26-21(28(40)37(23)7)12-11-13-25(26)39)20-17-33-29(34-18-20)32(9-2,10-3)36-30(41)42-31(4,5)6/h11-18,23,39H,8-10H2,1-7H3,(H,36,41). The Kier molecular flexibility index (Phi) is 7.42. The van der Waals surface area contributed by atoms with Crippen LogP contribution in [0.25, 0.3) is 27.8 Å². The number of carbonyl (C=O) groups excluding carboxylic acids is 2. The Labute approximate surface area is 245 Å². The second kappa shape index (κ2) is 10.7. The van der Waals surface area contributed by atoms with E-state index in [2.05, 4.69) is 15.3 Å². The second-order valence-corrected chi connectivity index (χ2v) is 11.7. The van der Waals surface area contributed by atoms with Gasteiger partial charge in [-0.05, 0) is 69.9 Å². The lowest BCUT2D eigenvalue weighted by atomic mass is 9.91. The molecule has 4 aromatic rings. The van der Waals surface area contributed by atoms with Crippen LogP contribution in [0, 0.1) is 0 Å². The highest BCUT2D eigenvalue weighted by atomic mass is 16.6. The minimum atomic E-state index is -0.775. The van der Waals surface area contributed by atoms with E-state index in [0.717, 1.165) is 22.2 Å². The SMILES string of the molecule is CCC1c2nc3ccc(-c4cnc(C(CC)(CC)NC(=O)OC(C)(C)C)nc4)cc3n2-c2c(O)cccc2C(=O)N1C. The van der Waals surface area contributed by atoms with Crippen LogP contribution in [0.5, 0.6) is 5.75 Å². The quantitative estimate of drug-likeness (QED) is 0.280. The molecule has 0 saturated carbocycles. The lowest BCUT2D eigenvalue weighted by Gasteiger charge is -2.32. The maximum Gasteiger partial charge on any atom is 0.408 e. The first-order chi connectivity index (χ1) is 19.9. The average Bonchev–Trinajstić information content (AvgIpc) is 3.29. The van der Waals surface area contributed by atoms with E-state index in [-0.39, 0.29) is 17.7 Å². The first-order valence-corrected chi connectivity index (χ1v) is 14.4. The van der Waals surface area contributed by atoms with Crippen molar-refractivity contribution in [3.05, 3.63) is 66.0 Å². The van der Waals surface area contributed by atoms with Crippen LogP contribution in [0.3, 0.4) is 0 Å². The van der Waals surface area contributed by atoms with Gasteiger partial charge in [-0.1, -0.05) is 32.9 Å². The Balaban J connectivity index is 1.58. The molecule has 5 rings (SSSR count). The van der Waals surface area contributed by atoms with E-state index in [1.54, 1.807) is 42.5 Å². The molecule has 1 aliphatic rings. The zero-order chi connectivity index (χ0) is 30.4. The zero-order valence-corrected chi connectivity index (χ0v) is 25.2. The van der Waals surface area contributed by atoms with Gasteiger partial charge in [0.25, 0.3) is 5.91 Å². The summed E-state index contributed by atoms with van der Waals surface area (Å²) < 4.78 is 7.41. The normalized spacial score (nSPS) is 15.3. The van der Waals surface area contributed by atoms with Crippen LogP contribution < -0.4 is 5.32 Å². The molecule has 2 amide bonds. The number of alkyl carbamates (subject to hydrolysis) is 1. The monoisotopic (exact) mass is 570 g/mol. The maximum atomic E-state index is 13.4. The number of hydrogen-bond donors (Lipinski definition) is 2. The van der Waals surface area contributed by atoms with Gasteiger partial charge in [-0.2, -0.15) is 0 Å². The van der Waals surface area contributed by atoms with Crippen molar-refractivity contribution in [3.63, 3.8) is 0 Å². The fraction of sp³-hybridized carbons (Fsp3) is 0.406. The van der Waals surface area contributed by atoms with Gasteiger partial charge in [0.2, 0.25) is 0 Å². The summed E-state index contributed by atoms with van der Waals surface area (Å²) >= 11 is 0. The number of phenolic OH excluding ortho intramolecular Hbond substituents is 1. The van der Waals surface area contributed by atoms with Crippen LogP contribution in [0.15, 0.2) is 48.8 Å². The summed E-state index contributed by atoms with van der Waals surface area (Å²) in [6, 6.07) is 10.6. The van der Waals surface area contributed by atoms with Gasteiger partial charge < -0.3 is 20.1 Å². The highest BCUT2D eigenvalue weighted by Gasteiger charge is 2.36. The Morgan fingerprint density at radius 2 is 1.74 bits per heavy atom. The molecule has 220 valence electrons. The molecule has 0 saturated heterocycles. The molecule has 0 radical (unpaired) electrons. The molecule has 1 unspecified atom stereocenters. The van der Waals surface area contributed by atoms with Crippen LogP contribution in [-0.2, 0) is 10.3 Å². The van der Waals surface area contributed by atoms with E-state index in [0.29, 0.717) is 42.2 Å². The number of aromatic hydroxyl groups is 1. The smallest absolute Gasteiger partial charge is 0.408 e. The van der Waals surface area contributed by atoms with Crippen LogP contribution in [0.1, 0.15) is 88.9 Å². The predicted molar refractivity (Wildman–Crippen MR) is 161 cm³/mol. The average molecular weight is 571 g/mol. The maximum absolute atomic E-state index is 13.4. The summed E-state index contributed by atoms with van der Waals surface area (Å²) in [5, 5.41) is 14.0. The molecule has 2 N–H and O–H groups in total. The Morgan fingerprint density at radius 1 is 1.05 bits per heavy atom. The molecular formula is C32H38N6O4. The number of aromatic nitrogens is 4. The molecule has 0 spiro atoms. The largest absolute Gasteiger partial charge is 0.506 e. The lowest BCUT2D eigenvalue weighted by Crippen LogP contribution is -2.48. The van der Waals surface area contributed by atoms with E-state index in [1.165, 1.54) is 0 Å². The second-order valence-electron chi connectivity index (χ2n) is 11.7. The van der Waals surface area contributed by atoms with Crippen molar-refractivity contribution in [2.45, 2.75) is 78.0 Å². The number of nitrogens with zero attached hydrogens (tertiary/aromatic N) is 5. The molecule has 3 heterocycles. The first-order valence-electron chi connectivity index (χ1n) is 14.4. The van der Waals surface area contributed by atoms with E-state index in [1.807, 2.05) is 64.3 Å². The van der Waals surface area contributed by atoms with Gasteiger partial charge in [-0.3, -0.25) is 9.36 Å². The number of carbonyl (C=O) groups is 2. The fourth-order valence-electron chi connectivity index (χ4n) is 5.65. The van der Waals surface area contributed by atoms with Gasteiger partial charge in [-0.25, -0.2) is 19.7 Å². The fourth-order valence-corrected chi connectivity index (χ4v) is 5.65. The topological polar surface area (TPSA) is 122 Å². The number of ether oxygens (including phenoxy) is 1. The molecular weight excluding hydrogens is 532 g/mol. The molecule has 0 aliphatic carbocycles. The summed E-state index contributed by atoms with van der Waals surface area (Å²) in [7, 11) is 1.77. The van der Waals surface area contributed by atoms with E-state index in [9.17, 15) is 14.7 Å². The van der Waals surface area contributed by atoms with Crippen molar-refractivity contribution in [2.24, 2.45) is 0 Å². The van der Waals surface area contributed by atoms with Gasteiger partial charge in [0, 0.05) is 25.0 Å². The first kappa shape index (κ1) is 29.0. The molecule has 1 atom stereocenters. The third-order valence-electron chi connectivity index (χ3n) is 7.98. The number of para-hydroxylation sites is 1. The number of rotatable bonds is 6. The van der Waals surface area contributed by atoms with Crippen LogP contribution in [0.2, 0.25) is 0 Å². The summed E-state index contributed by atoms with van der Waals surface area (Å²) in [5.74, 6) is 1.04. The predicted octanol–water partition coefficient (Wildman–Crippen LogP) is 6.26. The summed E-state index contributed by atoms with van der Waals surface area (Å²) in [6.45, 7) is 11.5. The van der Waals surface area contributed by atoms with Gasteiger partial charge in [-0.15, -0.1) is 0 Å². The highest BCUT2D eigenvalue weighted by molar-refractivity contribution is 6.01. The summed E-state index contributed by atoms with van der Waals surface area (Å²) in [5.41, 5.74) is 2.59. The number of hydrogen-bond acceptors (Lipinski definition) is 7. The number of fused-ring (bicyclic) bond motifs is 5. The van der Waals surface area contributed by atoms with Crippen molar-refractivity contribution < 1.29 is 19.4 Å². The molecule has 10 nitrogen and oxygen atoms in total. The van der Waals surface area contributed by atoms with Gasteiger partial charge in [0.05, 0.1) is 22.6 Å². The van der Waals surface area contributed by atoms with Crippen molar-refractivity contribution in [3.8, 4) is 22.6 Å². The molecule has 10 heteroatoms. The number of benzene rings is 2. The van der Waals surface area contributed by atoms with Crippen molar-refractivity contribution in [1.29, 1.82) is 0 Å². The van der Waals surface area contributed by atoms with Crippen molar-refractivity contribution >= 4 is 23.0 Å². The van der Waals surface area contributed by atoms with Gasteiger partial charge in [0.15, 0.2) is 5.82 Å². The Bertz CT molecular complexity index is 1650. The molecule has 2 aromatic carbocycles. The summed E-state index contributed by atoms with van der Waals surface area (Å²) in [4.78, 5) is 42.0. The van der Waals surface area contributed by atoms with Crippen molar-refractivity contribution in [2.75, 3.05) is 7.05 Å². The molecule has 42 heavy (non-hydrogen) atoms. The van der Waals surface area contributed by atoms with Crippen LogP contribution in [0.4, 0.5) is 4.79 Å². The minimum absolute atomic E-state index is 0.0117. The van der Waals surface area contributed by atoms with Gasteiger partial charge >= 0.3 is 6.09 Å². The molecule has 0 fully saturated rings. The summed E-state index contributed by atoms with van der Waals surface area (Å²) in [6.07, 6.45) is 4.82. The van der Waals surface area contributed by atoms with Crippen LogP contribution in [-0.4, -0.2) is 54.2 Å². The van der Waals surface area contributed by atoms with Crippen LogP contribution >= 0.6 is 0 Å². The van der Waals surface area contributed by atoms with E-state index >= 15 is 0 Å². The zero-order valence-electron chi connectivity index (χ0n) is 25.2. The third kappa shape index (κ3) is 4.95. The Morgan fingerprint density at radius 3 is 2.36 bits per heavy atom. The molecule has 1 aliphatic heterocycles. The highest BCUT2D eigenvalue weighted by Crippen LogP contribution is 2.40. The van der Waals surface area contributed by atoms with E-state index in [4.69, 9.17) is 9.72 Å².